The fraction of sp³-hybridized carbons (Fsp3) is 0.611. The normalized spacial score (nSPS) is 20.8. The molecular weight excluding hydrogens is 370 g/mol. The van der Waals surface area contributed by atoms with Crippen LogP contribution in [0.1, 0.15) is 5.56 Å². The van der Waals surface area contributed by atoms with Gasteiger partial charge in [0, 0.05) is 39.6 Å². The highest BCUT2D eigenvalue weighted by Gasteiger charge is 2.35. The van der Waals surface area contributed by atoms with E-state index in [1.165, 1.54) is 14.1 Å². The predicted molar refractivity (Wildman–Crippen MR) is 103 cm³/mol. The Labute approximate surface area is 161 Å². The monoisotopic (exact) mass is 399 g/mol. The van der Waals surface area contributed by atoms with E-state index in [1.807, 2.05) is 24.3 Å². The number of aliphatic hydroxyl groups is 1. The van der Waals surface area contributed by atoms with Gasteiger partial charge in [0.2, 0.25) is 15.9 Å². The Balaban J connectivity index is 1.74. The molecule has 0 radical (unpaired) electrons. The summed E-state index contributed by atoms with van der Waals surface area (Å²) < 4.78 is 30.2. The summed E-state index contributed by atoms with van der Waals surface area (Å²) in [4.78, 5) is 13.9. The highest BCUT2D eigenvalue weighted by Crippen LogP contribution is 2.19. The molecule has 1 fully saturated rings. The van der Waals surface area contributed by atoms with Crippen LogP contribution < -0.4 is 10.1 Å². The largest absolute Gasteiger partial charge is 0.497 e. The van der Waals surface area contributed by atoms with Gasteiger partial charge in [0.1, 0.15) is 5.75 Å². The van der Waals surface area contributed by atoms with Crippen molar-refractivity contribution in [2.75, 3.05) is 53.1 Å². The average Bonchev–Trinajstić information content (AvgIpc) is 2.93. The summed E-state index contributed by atoms with van der Waals surface area (Å²) in [6, 6.07) is 7.67. The Morgan fingerprint density at radius 3 is 2.56 bits per heavy atom. The highest BCUT2D eigenvalue weighted by atomic mass is 32.2. The first-order valence-corrected chi connectivity index (χ1v) is 10.5. The van der Waals surface area contributed by atoms with Crippen LogP contribution in [0.5, 0.6) is 5.75 Å². The van der Waals surface area contributed by atoms with E-state index in [4.69, 9.17) is 4.74 Å². The minimum Gasteiger partial charge on any atom is -0.497 e. The maximum atomic E-state index is 12.1. The van der Waals surface area contributed by atoms with Crippen LogP contribution in [0.3, 0.4) is 0 Å². The van der Waals surface area contributed by atoms with Gasteiger partial charge in [0.05, 0.1) is 25.5 Å². The summed E-state index contributed by atoms with van der Waals surface area (Å²) in [5, 5.41) is 13.0. The van der Waals surface area contributed by atoms with Gasteiger partial charge < -0.3 is 15.2 Å². The number of methoxy groups -OCH3 is 1. The van der Waals surface area contributed by atoms with Crippen LogP contribution in [0.25, 0.3) is 0 Å². The lowest BCUT2D eigenvalue weighted by Gasteiger charge is -2.17. The molecule has 0 aliphatic carbocycles. The second-order valence-corrected chi connectivity index (χ2v) is 9.26. The van der Waals surface area contributed by atoms with Gasteiger partial charge in [0.15, 0.2) is 0 Å². The number of nitrogens with one attached hydrogen (secondary N) is 1. The number of carbonyl (C=O) groups is 1. The number of β-amino-alcohol motifs (C(OH)–C–C–N with tert-alkyl or cyclic N) is 1. The van der Waals surface area contributed by atoms with E-state index in [0.29, 0.717) is 26.1 Å². The Hall–Kier alpha value is -1.68. The minimum atomic E-state index is -3.38. The molecule has 9 heteroatoms. The molecule has 8 nitrogen and oxygen atoms in total. The van der Waals surface area contributed by atoms with Gasteiger partial charge >= 0.3 is 0 Å². The molecule has 2 rings (SSSR count). The summed E-state index contributed by atoms with van der Waals surface area (Å²) in [6.45, 7) is 1.36. The fourth-order valence-corrected chi connectivity index (χ4v) is 4.22. The van der Waals surface area contributed by atoms with Crippen molar-refractivity contribution in [2.24, 2.45) is 5.92 Å². The molecule has 1 aromatic rings. The van der Waals surface area contributed by atoms with Crippen LogP contribution in [-0.2, 0) is 21.2 Å². The summed E-state index contributed by atoms with van der Waals surface area (Å²) >= 11 is 0. The zero-order valence-electron chi connectivity index (χ0n) is 16.1. The highest BCUT2D eigenvalue weighted by molar-refractivity contribution is 7.89. The Kier molecular flexibility index (Phi) is 7.60. The van der Waals surface area contributed by atoms with Gasteiger partial charge in [0.25, 0.3) is 0 Å². The SMILES string of the molecule is COc1ccc(CCNC(=O)CN2C[C@@H](CS(=O)(=O)N(C)C)[C@H](O)C2)cc1. The van der Waals surface area contributed by atoms with E-state index in [1.54, 1.807) is 12.0 Å². The molecule has 1 aliphatic rings. The lowest BCUT2D eigenvalue weighted by atomic mass is 10.1. The minimum absolute atomic E-state index is 0.114. The van der Waals surface area contributed by atoms with E-state index < -0.39 is 16.1 Å². The summed E-state index contributed by atoms with van der Waals surface area (Å²) in [5.41, 5.74) is 1.10. The first-order valence-electron chi connectivity index (χ1n) is 8.91. The van der Waals surface area contributed by atoms with Crippen molar-refractivity contribution in [3.63, 3.8) is 0 Å². The van der Waals surface area contributed by atoms with Crippen LogP contribution in [0.15, 0.2) is 24.3 Å². The molecule has 0 spiro atoms. The zero-order chi connectivity index (χ0) is 20.0. The van der Waals surface area contributed by atoms with Crippen molar-refractivity contribution < 1.29 is 23.1 Å². The first-order chi connectivity index (χ1) is 12.7. The number of amides is 1. The number of likely N-dealkylation sites (tertiary alicyclic amines) is 1. The van der Waals surface area contributed by atoms with Gasteiger partial charge in [-0.2, -0.15) is 0 Å². The number of ether oxygens (including phenoxy) is 1. The lowest BCUT2D eigenvalue weighted by Crippen LogP contribution is -2.37. The van der Waals surface area contributed by atoms with Crippen LogP contribution in [0, 0.1) is 5.92 Å². The number of hydrogen-bond acceptors (Lipinski definition) is 6. The lowest BCUT2D eigenvalue weighted by molar-refractivity contribution is -0.122. The third-order valence-electron chi connectivity index (χ3n) is 4.73. The number of rotatable bonds is 9. The van der Waals surface area contributed by atoms with E-state index in [9.17, 15) is 18.3 Å². The molecule has 152 valence electrons. The topological polar surface area (TPSA) is 99.2 Å². The van der Waals surface area contributed by atoms with Crippen LogP contribution >= 0.6 is 0 Å². The third-order valence-corrected chi connectivity index (χ3v) is 6.69. The molecule has 0 saturated carbocycles. The van der Waals surface area contributed by atoms with Crippen LogP contribution in [-0.4, -0.2) is 87.9 Å². The Morgan fingerprint density at radius 1 is 1.30 bits per heavy atom. The first kappa shape index (κ1) is 21.6. The fourth-order valence-electron chi connectivity index (χ4n) is 3.05. The zero-order valence-corrected chi connectivity index (χ0v) is 16.9. The van der Waals surface area contributed by atoms with Gasteiger partial charge in [-0.15, -0.1) is 0 Å². The van der Waals surface area contributed by atoms with E-state index in [0.717, 1.165) is 15.6 Å². The molecule has 0 unspecified atom stereocenters. The third kappa shape index (κ3) is 6.46. The molecule has 1 aromatic carbocycles. The van der Waals surface area contributed by atoms with Gasteiger partial charge in [-0.05, 0) is 24.1 Å². The van der Waals surface area contributed by atoms with Crippen LogP contribution in [0.2, 0.25) is 0 Å². The van der Waals surface area contributed by atoms with Gasteiger partial charge in [-0.25, -0.2) is 12.7 Å². The van der Waals surface area contributed by atoms with Gasteiger partial charge in [-0.1, -0.05) is 12.1 Å². The molecule has 2 atom stereocenters. The maximum absolute atomic E-state index is 12.1. The molecule has 27 heavy (non-hydrogen) atoms. The van der Waals surface area contributed by atoms with Crippen molar-refractivity contribution in [3.05, 3.63) is 29.8 Å². The van der Waals surface area contributed by atoms with Crippen LogP contribution in [0.4, 0.5) is 0 Å². The number of nitrogens with zero attached hydrogens (tertiary/aromatic N) is 2. The molecule has 0 bridgehead atoms. The molecule has 0 aromatic heterocycles. The predicted octanol–water partition coefficient (Wildman–Crippen LogP) is -0.462. The van der Waals surface area contributed by atoms with E-state index in [-0.39, 0.29) is 24.1 Å². The van der Waals surface area contributed by atoms with Crippen molar-refractivity contribution in [3.8, 4) is 5.75 Å². The number of carbonyl (C=O) groups excluding carboxylic acids is 1. The standard InChI is InChI=1S/C18H29N3O5S/c1-20(2)27(24,25)13-15-10-21(11-17(15)22)12-18(23)19-9-8-14-4-6-16(26-3)7-5-14/h4-7,15,17,22H,8-13H2,1-3H3,(H,19,23)/t15-,17+/m0/s1. The average molecular weight is 400 g/mol. The maximum Gasteiger partial charge on any atom is 0.234 e. The molecule has 2 N–H and O–H groups in total. The Bertz CT molecular complexity index is 721. The second kappa shape index (κ2) is 9.50. The van der Waals surface area contributed by atoms with Crippen molar-refractivity contribution >= 4 is 15.9 Å². The Morgan fingerprint density at radius 2 is 1.96 bits per heavy atom. The quantitative estimate of drug-likeness (QED) is 0.583. The second-order valence-electron chi connectivity index (χ2n) is 7.03. The summed E-state index contributed by atoms with van der Waals surface area (Å²) in [6.07, 6.45) is -0.0333. The number of aliphatic hydroxyl groups excluding tert-OH is 1. The smallest absolute Gasteiger partial charge is 0.234 e. The number of sulfonamides is 1. The van der Waals surface area contributed by atoms with E-state index in [2.05, 4.69) is 5.32 Å². The van der Waals surface area contributed by atoms with Gasteiger partial charge in [-0.3, -0.25) is 9.69 Å². The molecule has 1 aliphatic heterocycles. The number of hydrogen-bond donors (Lipinski definition) is 2. The summed E-state index contributed by atoms with van der Waals surface area (Å²) in [7, 11) is 1.19. The van der Waals surface area contributed by atoms with E-state index >= 15 is 0 Å². The number of benzene rings is 1. The molecule has 1 heterocycles. The summed E-state index contributed by atoms with van der Waals surface area (Å²) in [5.74, 6) is 0.161. The van der Waals surface area contributed by atoms with Crippen molar-refractivity contribution in [1.82, 2.24) is 14.5 Å². The molecule has 1 saturated heterocycles. The molecule has 1 amide bonds. The molecular formula is C18H29N3O5S. The van der Waals surface area contributed by atoms with Crippen molar-refractivity contribution in [2.45, 2.75) is 12.5 Å². The van der Waals surface area contributed by atoms with Crippen molar-refractivity contribution in [1.29, 1.82) is 0 Å².